The molecule has 5 heteroatoms. The van der Waals surface area contributed by atoms with E-state index in [-0.39, 0.29) is 11.5 Å². The van der Waals surface area contributed by atoms with Crippen molar-refractivity contribution < 1.29 is 9.53 Å². The number of anilines is 1. The second kappa shape index (κ2) is 4.61. The lowest BCUT2D eigenvalue weighted by atomic mass is 9.73. The third-order valence-corrected chi connectivity index (χ3v) is 3.98. The van der Waals surface area contributed by atoms with E-state index in [0.29, 0.717) is 0 Å². The molecule has 0 radical (unpaired) electrons. The van der Waals surface area contributed by atoms with Crippen LogP contribution in [0.5, 0.6) is 0 Å². The minimum Gasteiger partial charge on any atom is -0.444 e. The maximum atomic E-state index is 11.9. The number of rotatable bonds is 1. The van der Waals surface area contributed by atoms with Crippen LogP contribution in [0.4, 0.5) is 10.5 Å². The molecule has 0 bridgehead atoms. The molecular weight excluding hydrogens is 266 g/mol. The Morgan fingerprint density at radius 1 is 1.24 bits per heavy atom. The van der Waals surface area contributed by atoms with E-state index in [0.717, 1.165) is 26.2 Å². The number of nitrogens with zero attached hydrogens (tertiary/aromatic N) is 3. The molecule has 21 heavy (non-hydrogen) atoms. The maximum Gasteiger partial charge on any atom is 0.410 e. The zero-order valence-corrected chi connectivity index (χ0v) is 13.2. The number of hydrogen-bond donors (Lipinski definition) is 0. The lowest BCUT2D eigenvalue weighted by molar-refractivity contribution is -0.0453. The fourth-order valence-electron chi connectivity index (χ4n) is 3.08. The van der Waals surface area contributed by atoms with Gasteiger partial charge in [0.2, 0.25) is 0 Å². The molecule has 1 spiro atoms. The molecule has 0 unspecified atom stereocenters. The summed E-state index contributed by atoms with van der Waals surface area (Å²) in [5.74, 6) is 0. The number of hydrogen-bond acceptors (Lipinski definition) is 4. The van der Waals surface area contributed by atoms with Crippen LogP contribution >= 0.6 is 0 Å². The first kappa shape index (κ1) is 14.2. The highest BCUT2D eigenvalue weighted by Crippen LogP contribution is 2.42. The highest BCUT2D eigenvalue weighted by atomic mass is 16.6. The normalized spacial score (nSPS) is 20.0. The van der Waals surface area contributed by atoms with Gasteiger partial charge in [0.15, 0.2) is 0 Å². The summed E-state index contributed by atoms with van der Waals surface area (Å²) in [4.78, 5) is 20.3. The Kier molecular flexibility index (Phi) is 3.11. The molecule has 2 saturated heterocycles. The summed E-state index contributed by atoms with van der Waals surface area (Å²) >= 11 is 0. The number of likely N-dealkylation sites (tertiary alicyclic amines) is 1. The molecule has 114 valence electrons. The fraction of sp³-hybridized carbons (Fsp3) is 0.625. The van der Waals surface area contributed by atoms with Crippen molar-refractivity contribution in [2.75, 3.05) is 31.1 Å². The average Bonchev–Trinajstić information content (AvgIpc) is 2.22. The number of aromatic nitrogens is 1. The summed E-state index contributed by atoms with van der Waals surface area (Å²) in [6.45, 7) is 11.4. The largest absolute Gasteiger partial charge is 0.444 e. The summed E-state index contributed by atoms with van der Waals surface area (Å²) in [7, 11) is 0. The number of ether oxygens (including phenoxy) is 1. The number of carbonyl (C=O) groups is 1. The molecule has 2 fully saturated rings. The third-order valence-electron chi connectivity index (χ3n) is 3.98. The van der Waals surface area contributed by atoms with Crippen LogP contribution in [0.25, 0.3) is 0 Å². The van der Waals surface area contributed by atoms with Crippen molar-refractivity contribution in [1.82, 2.24) is 9.88 Å². The Hall–Kier alpha value is -1.78. The van der Waals surface area contributed by atoms with Crippen molar-refractivity contribution in [2.24, 2.45) is 5.41 Å². The van der Waals surface area contributed by atoms with Gasteiger partial charge in [0.05, 0.1) is 11.9 Å². The van der Waals surface area contributed by atoms with Crippen molar-refractivity contribution in [3.05, 3.63) is 24.0 Å². The van der Waals surface area contributed by atoms with Crippen LogP contribution in [0.3, 0.4) is 0 Å². The molecule has 3 rings (SSSR count). The SMILES string of the molecule is Cc1cncc(N2CC3(CN(C(=O)OC(C)(C)C)C3)C2)c1. The molecule has 1 aromatic heterocycles. The van der Waals surface area contributed by atoms with E-state index in [9.17, 15) is 4.79 Å². The highest BCUT2D eigenvalue weighted by Gasteiger charge is 2.54. The Bertz CT molecular complexity index is 551. The summed E-state index contributed by atoms with van der Waals surface area (Å²) in [6.07, 6.45) is 3.58. The van der Waals surface area contributed by atoms with Crippen LogP contribution in [0, 0.1) is 12.3 Å². The fourth-order valence-corrected chi connectivity index (χ4v) is 3.08. The number of pyridine rings is 1. The molecule has 1 aromatic rings. The van der Waals surface area contributed by atoms with Crippen LogP contribution in [-0.4, -0.2) is 47.8 Å². The van der Waals surface area contributed by atoms with E-state index in [1.54, 1.807) is 4.90 Å². The average molecular weight is 289 g/mol. The summed E-state index contributed by atoms with van der Waals surface area (Å²) < 4.78 is 5.39. The molecule has 0 aromatic carbocycles. The van der Waals surface area contributed by atoms with Gasteiger partial charge in [0.1, 0.15) is 5.60 Å². The maximum absolute atomic E-state index is 11.9. The van der Waals surface area contributed by atoms with Gasteiger partial charge in [-0.3, -0.25) is 4.98 Å². The third kappa shape index (κ3) is 2.82. The van der Waals surface area contributed by atoms with Crippen LogP contribution in [0.1, 0.15) is 26.3 Å². The molecule has 0 atom stereocenters. The molecule has 1 amide bonds. The molecule has 0 aliphatic carbocycles. The quantitative estimate of drug-likeness (QED) is 0.796. The van der Waals surface area contributed by atoms with Gasteiger partial charge in [0.25, 0.3) is 0 Å². The Labute approximate surface area is 125 Å². The summed E-state index contributed by atoms with van der Waals surface area (Å²) in [6, 6.07) is 2.16. The molecular formula is C16H23N3O2. The standard InChI is InChI=1S/C16H23N3O2/c1-12-5-13(7-17-6-12)18-8-16(9-18)10-19(11-16)14(20)21-15(2,3)4/h5-7H,8-11H2,1-4H3. The second-order valence-electron chi connectivity index (χ2n) is 7.41. The van der Waals surface area contributed by atoms with Crippen molar-refractivity contribution in [1.29, 1.82) is 0 Å². The molecule has 5 nitrogen and oxygen atoms in total. The van der Waals surface area contributed by atoms with Gasteiger partial charge >= 0.3 is 6.09 Å². The van der Waals surface area contributed by atoms with Gasteiger partial charge in [0, 0.05) is 37.8 Å². The first-order valence-corrected chi connectivity index (χ1v) is 7.41. The Morgan fingerprint density at radius 3 is 2.48 bits per heavy atom. The molecule has 0 N–H and O–H groups in total. The van der Waals surface area contributed by atoms with Crippen molar-refractivity contribution in [3.8, 4) is 0 Å². The molecule has 2 aliphatic rings. The zero-order valence-electron chi connectivity index (χ0n) is 13.2. The summed E-state index contributed by atoms with van der Waals surface area (Å²) in [5.41, 5.74) is 2.20. The van der Waals surface area contributed by atoms with E-state index in [4.69, 9.17) is 4.74 Å². The van der Waals surface area contributed by atoms with Gasteiger partial charge < -0.3 is 14.5 Å². The van der Waals surface area contributed by atoms with Crippen molar-refractivity contribution in [2.45, 2.75) is 33.3 Å². The van der Waals surface area contributed by atoms with Gasteiger partial charge in [-0.25, -0.2) is 4.79 Å². The second-order valence-corrected chi connectivity index (χ2v) is 7.41. The molecule has 3 heterocycles. The van der Waals surface area contributed by atoms with Crippen molar-refractivity contribution in [3.63, 3.8) is 0 Å². The smallest absolute Gasteiger partial charge is 0.410 e. The first-order chi connectivity index (χ1) is 9.76. The van der Waals surface area contributed by atoms with Crippen LogP contribution in [0.2, 0.25) is 0 Å². The topological polar surface area (TPSA) is 45.7 Å². The van der Waals surface area contributed by atoms with Crippen LogP contribution < -0.4 is 4.90 Å². The van der Waals surface area contributed by atoms with Gasteiger partial charge in [-0.2, -0.15) is 0 Å². The Balaban J connectivity index is 1.51. The van der Waals surface area contributed by atoms with Crippen LogP contribution in [0.15, 0.2) is 18.5 Å². The van der Waals surface area contributed by atoms with E-state index in [2.05, 4.69) is 22.9 Å². The minimum absolute atomic E-state index is 0.191. The predicted octanol–water partition coefficient (Wildman–Crippen LogP) is 2.45. The number of amides is 1. The minimum atomic E-state index is -0.418. The summed E-state index contributed by atoms with van der Waals surface area (Å²) in [5, 5.41) is 0. The molecule has 0 saturated carbocycles. The zero-order chi connectivity index (χ0) is 15.3. The van der Waals surface area contributed by atoms with Gasteiger partial charge in [-0.15, -0.1) is 0 Å². The monoisotopic (exact) mass is 289 g/mol. The van der Waals surface area contributed by atoms with Crippen molar-refractivity contribution >= 4 is 11.8 Å². The van der Waals surface area contributed by atoms with E-state index < -0.39 is 5.60 Å². The Morgan fingerprint density at radius 2 is 1.90 bits per heavy atom. The lowest BCUT2D eigenvalue weighted by Crippen LogP contribution is -2.73. The predicted molar refractivity (Wildman–Crippen MR) is 81.4 cm³/mol. The number of carbonyl (C=O) groups excluding carboxylic acids is 1. The highest BCUT2D eigenvalue weighted by molar-refractivity contribution is 5.70. The van der Waals surface area contributed by atoms with Crippen LogP contribution in [-0.2, 0) is 4.74 Å². The number of aryl methyl sites for hydroxylation is 1. The van der Waals surface area contributed by atoms with Gasteiger partial charge in [-0.1, -0.05) is 0 Å². The van der Waals surface area contributed by atoms with E-state index >= 15 is 0 Å². The van der Waals surface area contributed by atoms with Gasteiger partial charge in [-0.05, 0) is 39.3 Å². The molecule has 2 aliphatic heterocycles. The van der Waals surface area contributed by atoms with E-state index in [1.807, 2.05) is 33.2 Å². The first-order valence-electron chi connectivity index (χ1n) is 7.41. The van der Waals surface area contributed by atoms with E-state index in [1.165, 1.54) is 11.3 Å². The lowest BCUT2D eigenvalue weighted by Gasteiger charge is -2.60.